The first kappa shape index (κ1) is 15.9. The highest BCUT2D eigenvalue weighted by atomic mass is 35.5. The highest BCUT2D eigenvalue weighted by Crippen LogP contribution is 2.41. The lowest BCUT2D eigenvalue weighted by Crippen LogP contribution is -2.06. The summed E-state index contributed by atoms with van der Waals surface area (Å²) in [7, 11) is 1.68. The molecule has 0 saturated heterocycles. The minimum atomic E-state index is 0.441. The van der Waals surface area contributed by atoms with Crippen LogP contribution >= 0.6 is 23.2 Å². The van der Waals surface area contributed by atoms with E-state index in [1.807, 2.05) is 24.4 Å². The van der Waals surface area contributed by atoms with Gasteiger partial charge in [-0.25, -0.2) is 4.98 Å². The molecule has 0 atom stereocenters. The molecule has 2 heterocycles. The van der Waals surface area contributed by atoms with E-state index in [0.29, 0.717) is 29.1 Å². The van der Waals surface area contributed by atoms with Crippen molar-refractivity contribution >= 4 is 34.2 Å². The second-order valence-electron chi connectivity index (χ2n) is 6.12. The molecule has 0 bridgehead atoms. The molecular formula is C18H17Cl2N3O. The first-order valence-corrected chi connectivity index (χ1v) is 8.70. The maximum Gasteiger partial charge on any atom is 0.136 e. The molecule has 124 valence electrons. The van der Waals surface area contributed by atoms with E-state index in [0.717, 1.165) is 28.1 Å². The van der Waals surface area contributed by atoms with Gasteiger partial charge in [-0.05, 0) is 42.7 Å². The minimum Gasteiger partial charge on any atom is -0.377 e. The summed E-state index contributed by atoms with van der Waals surface area (Å²) >= 11 is 12.5. The fourth-order valence-corrected chi connectivity index (χ4v) is 3.40. The quantitative estimate of drug-likeness (QED) is 0.654. The lowest BCUT2D eigenvalue weighted by molar-refractivity contribution is 0.175. The van der Waals surface area contributed by atoms with Crippen molar-refractivity contribution in [1.82, 2.24) is 14.5 Å². The van der Waals surface area contributed by atoms with Gasteiger partial charge in [0.1, 0.15) is 17.9 Å². The predicted molar refractivity (Wildman–Crippen MR) is 95.8 cm³/mol. The van der Waals surface area contributed by atoms with E-state index >= 15 is 0 Å². The van der Waals surface area contributed by atoms with Gasteiger partial charge >= 0.3 is 0 Å². The molecule has 0 amide bonds. The Bertz CT molecular complexity index is 903. The van der Waals surface area contributed by atoms with Gasteiger partial charge < -0.3 is 9.30 Å². The third-order valence-corrected chi connectivity index (χ3v) is 4.95. The summed E-state index contributed by atoms with van der Waals surface area (Å²) in [6.07, 6.45) is 4.25. The van der Waals surface area contributed by atoms with Crippen molar-refractivity contribution in [3.8, 4) is 0 Å². The van der Waals surface area contributed by atoms with Crippen LogP contribution < -0.4 is 0 Å². The van der Waals surface area contributed by atoms with Gasteiger partial charge in [0.2, 0.25) is 0 Å². The van der Waals surface area contributed by atoms with Gasteiger partial charge in [-0.3, -0.25) is 4.98 Å². The molecule has 24 heavy (non-hydrogen) atoms. The molecule has 2 aromatic heterocycles. The lowest BCUT2D eigenvalue weighted by atomic mass is 10.2. The van der Waals surface area contributed by atoms with Crippen LogP contribution in [0.3, 0.4) is 0 Å². The summed E-state index contributed by atoms with van der Waals surface area (Å²) < 4.78 is 7.49. The van der Waals surface area contributed by atoms with Crippen LogP contribution in [0.2, 0.25) is 10.0 Å². The van der Waals surface area contributed by atoms with Gasteiger partial charge in [-0.15, -0.1) is 0 Å². The highest BCUT2D eigenvalue weighted by molar-refractivity contribution is 6.33. The monoisotopic (exact) mass is 361 g/mol. The van der Waals surface area contributed by atoms with Crippen molar-refractivity contribution < 1.29 is 4.74 Å². The molecule has 1 fully saturated rings. The molecule has 0 aliphatic heterocycles. The van der Waals surface area contributed by atoms with Crippen LogP contribution in [-0.2, 0) is 17.9 Å². The van der Waals surface area contributed by atoms with E-state index in [2.05, 4.69) is 9.55 Å². The normalized spacial score (nSPS) is 14.5. The number of methoxy groups -OCH3 is 1. The average molecular weight is 362 g/mol. The van der Waals surface area contributed by atoms with Gasteiger partial charge in [-0.1, -0.05) is 23.2 Å². The Morgan fingerprint density at radius 3 is 2.83 bits per heavy atom. The Morgan fingerprint density at radius 1 is 1.25 bits per heavy atom. The number of ether oxygens (including phenoxy) is 1. The molecule has 1 aromatic carbocycles. The Kier molecular flexibility index (Phi) is 4.21. The molecule has 6 heteroatoms. The van der Waals surface area contributed by atoms with E-state index < -0.39 is 0 Å². The number of hydrogen-bond acceptors (Lipinski definition) is 3. The van der Waals surface area contributed by atoms with Crippen LogP contribution in [0.5, 0.6) is 0 Å². The number of nitrogens with zero attached hydrogens (tertiary/aromatic N) is 3. The van der Waals surface area contributed by atoms with Crippen LogP contribution in [0.1, 0.15) is 35.8 Å². The number of aromatic nitrogens is 3. The Morgan fingerprint density at radius 2 is 2.08 bits per heavy atom. The molecule has 4 rings (SSSR count). The number of fused-ring (bicyclic) bond motifs is 1. The second-order valence-corrected chi connectivity index (χ2v) is 6.96. The van der Waals surface area contributed by atoms with Crippen LogP contribution in [-0.4, -0.2) is 21.6 Å². The van der Waals surface area contributed by atoms with Gasteiger partial charge in [0.25, 0.3) is 0 Å². The van der Waals surface area contributed by atoms with E-state index in [-0.39, 0.29) is 0 Å². The Balaban J connectivity index is 1.84. The number of hydrogen-bond donors (Lipinski definition) is 0. The van der Waals surface area contributed by atoms with Gasteiger partial charge in [0, 0.05) is 29.3 Å². The smallest absolute Gasteiger partial charge is 0.136 e. The van der Waals surface area contributed by atoms with Crippen molar-refractivity contribution in [3.63, 3.8) is 0 Å². The Hall–Kier alpha value is -1.62. The number of halogens is 2. The molecule has 1 aliphatic rings. The minimum absolute atomic E-state index is 0.441. The molecule has 0 unspecified atom stereocenters. The first-order chi connectivity index (χ1) is 11.7. The zero-order chi connectivity index (χ0) is 16.7. The van der Waals surface area contributed by atoms with Crippen molar-refractivity contribution in [2.75, 3.05) is 7.11 Å². The fraction of sp³-hybridized carbons (Fsp3) is 0.333. The standard InChI is InChI=1S/C18H17Cl2N3O/c1-24-10-16-22-18-15(6-7-21-17(18)11-2-3-11)23(16)9-12-8-13(19)4-5-14(12)20/h4-8,11H,2-3,9-10H2,1H3. The molecule has 0 N–H and O–H groups in total. The number of pyridine rings is 1. The average Bonchev–Trinajstić information content (AvgIpc) is 3.35. The molecular weight excluding hydrogens is 345 g/mol. The summed E-state index contributed by atoms with van der Waals surface area (Å²) in [5.74, 6) is 1.42. The van der Waals surface area contributed by atoms with E-state index in [9.17, 15) is 0 Å². The maximum absolute atomic E-state index is 6.35. The zero-order valence-electron chi connectivity index (χ0n) is 13.3. The summed E-state index contributed by atoms with van der Waals surface area (Å²) in [6.45, 7) is 1.04. The van der Waals surface area contributed by atoms with Crippen LogP contribution in [0.15, 0.2) is 30.5 Å². The predicted octanol–water partition coefficient (Wildman–Crippen LogP) is 4.81. The molecule has 1 saturated carbocycles. The largest absolute Gasteiger partial charge is 0.377 e. The van der Waals surface area contributed by atoms with E-state index in [1.165, 1.54) is 12.8 Å². The lowest BCUT2D eigenvalue weighted by Gasteiger charge is -2.11. The summed E-state index contributed by atoms with van der Waals surface area (Å²) in [5.41, 5.74) is 4.10. The van der Waals surface area contributed by atoms with E-state index in [1.54, 1.807) is 13.2 Å². The third kappa shape index (κ3) is 2.90. The third-order valence-electron chi connectivity index (χ3n) is 4.35. The van der Waals surface area contributed by atoms with Crippen molar-refractivity contribution in [3.05, 3.63) is 57.6 Å². The van der Waals surface area contributed by atoms with Gasteiger partial charge in [0.15, 0.2) is 0 Å². The Labute approximate surface area is 150 Å². The number of imidazole rings is 1. The fourth-order valence-electron chi connectivity index (χ4n) is 3.03. The van der Waals surface area contributed by atoms with Crippen LogP contribution in [0, 0.1) is 0 Å². The SMILES string of the molecule is COCc1nc2c(C3CC3)nccc2n1Cc1cc(Cl)ccc1Cl. The van der Waals surface area contributed by atoms with Crippen LogP contribution in [0.4, 0.5) is 0 Å². The summed E-state index contributed by atoms with van der Waals surface area (Å²) in [4.78, 5) is 9.37. The van der Waals surface area contributed by atoms with Gasteiger partial charge in [-0.2, -0.15) is 0 Å². The van der Waals surface area contributed by atoms with E-state index in [4.69, 9.17) is 32.9 Å². The van der Waals surface area contributed by atoms with Crippen LogP contribution in [0.25, 0.3) is 11.0 Å². The molecule has 0 radical (unpaired) electrons. The summed E-state index contributed by atoms with van der Waals surface area (Å²) in [6, 6.07) is 7.53. The number of rotatable bonds is 5. The maximum atomic E-state index is 6.35. The number of benzene rings is 1. The first-order valence-electron chi connectivity index (χ1n) is 7.94. The molecule has 1 aliphatic carbocycles. The highest BCUT2D eigenvalue weighted by Gasteiger charge is 2.29. The topological polar surface area (TPSA) is 39.9 Å². The van der Waals surface area contributed by atoms with Crippen molar-refractivity contribution in [2.45, 2.75) is 31.9 Å². The zero-order valence-corrected chi connectivity index (χ0v) is 14.8. The van der Waals surface area contributed by atoms with Crippen molar-refractivity contribution in [1.29, 1.82) is 0 Å². The van der Waals surface area contributed by atoms with Gasteiger partial charge in [0.05, 0.1) is 17.8 Å². The molecule has 0 spiro atoms. The second kappa shape index (κ2) is 6.36. The molecule has 4 nitrogen and oxygen atoms in total. The van der Waals surface area contributed by atoms with Crippen molar-refractivity contribution in [2.24, 2.45) is 0 Å². The summed E-state index contributed by atoms with van der Waals surface area (Å²) in [5, 5.41) is 1.37. The molecule has 3 aromatic rings.